The normalized spacial score (nSPS) is 13.4. The topological polar surface area (TPSA) is 3.24 Å². The van der Waals surface area contributed by atoms with Crippen molar-refractivity contribution in [2.75, 3.05) is 4.90 Å². The highest BCUT2D eigenvalue weighted by atomic mass is 15.1. The molecule has 0 amide bonds. The van der Waals surface area contributed by atoms with Crippen LogP contribution in [-0.2, 0) is 5.41 Å². The van der Waals surface area contributed by atoms with Crippen molar-refractivity contribution in [3.63, 3.8) is 0 Å². The molecule has 226 valence electrons. The molecule has 2 aliphatic carbocycles. The van der Waals surface area contributed by atoms with Crippen molar-refractivity contribution in [1.82, 2.24) is 0 Å². The van der Waals surface area contributed by atoms with E-state index in [2.05, 4.69) is 183 Å². The summed E-state index contributed by atoms with van der Waals surface area (Å²) in [6.07, 6.45) is 0. The van der Waals surface area contributed by atoms with Crippen LogP contribution >= 0.6 is 0 Å². The minimum atomic E-state index is -0.390. The third-order valence-corrected chi connectivity index (χ3v) is 10.7. The summed E-state index contributed by atoms with van der Waals surface area (Å²) in [5.74, 6) is 0. The highest BCUT2D eigenvalue weighted by Crippen LogP contribution is 2.64. The van der Waals surface area contributed by atoms with Gasteiger partial charge in [0, 0.05) is 17.1 Å². The van der Waals surface area contributed by atoms with Gasteiger partial charge in [0.05, 0.1) is 5.41 Å². The third kappa shape index (κ3) is 3.67. The van der Waals surface area contributed by atoms with Gasteiger partial charge in [0.25, 0.3) is 0 Å². The van der Waals surface area contributed by atoms with Crippen molar-refractivity contribution in [2.24, 2.45) is 0 Å². The van der Waals surface area contributed by atoms with Gasteiger partial charge in [-0.25, -0.2) is 0 Å². The second-order valence-electron chi connectivity index (χ2n) is 13.5. The standard InChI is InChI=1S/C47H33N/c1-30-24-31(2)26-37(25-30)48(35-13-4-3-5-14-35)36-22-20-33-28-41-45(29-34(33)27-36)47(44-23-21-32-12-6-7-15-38(32)46(41)44)42-18-10-8-16-39(42)40-17-9-11-19-43(40)47/h3-29H,1-2H3. The number of hydrogen-bond donors (Lipinski definition) is 0. The van der Waals surface area contributed by atoms with E-state index in [1.165, 1.54) is 82.9 Å². The van der Waals surface area contributed by atoms with Crippen LogP contribution in [0, 0.1) is 13.8 Å². The lowest BCUT2D eigenvalue weighted by Crippen LogP contribution is -2.25. The lowest BCUT2D eigenvalue weighted by atomic mass is 9.70. The highest BCUT2D eigenvalue weighted by molar-refractivity contribution is 6.08. The first-order valence-corrected chi connectivity index (χ1v) is 16.8. The second kappa shape index (κ2) is 10.0. The Bertz CT molecular complexity index is 2530. The van der Waals surface area contributed by atoms with Crippen LogP contribution in [0.15, 0.2) is 164 Å². The molecule has 48 heavy (non-hydrogen) atoms. The summed E-state index contributed by atoms with van der Waals surface area (Å²) in [6.45, 7) is 4.36. The molecule has 0 radical (unpaired) electrons. The maximum absolute atomic E-state index is 2.51. The lowest BCUT2D eigenvalue weighted by molar-refractivity contribution is 0.795. The number of nitrogens with zero attached hydrogens (tertiary/aromatic N) is 1. The van der Waals surface area contributed by atoms with E-state index < -0.39 is 5.41 Å². The van der Waals surface area contributed by atoms with Gasteiger partial charge in [0.15, 0.2) is 0 Å². The van der Waals surface area contributed by atoms with E-state index in [0.717, 1.165) is 11.4 Å². The van der Waals surface area contributed by atoms with Crippen molar-refractivity contribution < 1.29 is 0 Å². The van der Waals surface area contributed by atoms with E-state index >= 15 is 0 Å². The Morgan fingerprint density at radius 3 is 1.77 bits per heavy atom. The van der Waals surface area contributed by atoms with Crippen LogP contribution in [-0.4, -0.2) is 0 Å². The number of benzene rings is 8. The van der Waals surface area contributed by atoms with Crippen LogP contribution in [0.2, 0.25) is 0 Å². The molecule has 0 fully saturated rings. The lowest BCUT2D eigenvalue weighted by Gasteiger charge is -2.31. The SMILES string of the molecule is Cc1cc(C)cc(N(c2ccccc2)c2ccc3cc4c(cc3c2)C2(c3ccccc3-c3ccccc32)c2ccc3ccccc3c2-4)c1. The Hall–Kier alpha value is -5.92. The molecule has 8 aromatic carbocycles. The van der Waals surface area contributed by atoms with Crippen molar-refractivity contribution in [3.05, 3.63) is 197 Å². The zero-order valence-corrected chi connectivity index (χ0v) is 27.0. The fraction of sp³-hybridized carbons (Fsp3) is 0.0638. The van der Waals surface area contributed by atoms with Crippen molar-refractivity contribution in [2.45, 2.75) is 19.3 Å². The second-order valence-corrected chi connectivity index (χ2v) is 13.5. The van der Waals surface area contributed by atoms with Crippen LogP contribution in [0.5, 0.6) is 0 Å². The summed E-state index contributed by atoms with van der Waals surface area (Å²) >= 11 is 0. The van der Waals surface area contributed by atoms with E-state index in [1.54, 1.807) is 0 Å². The minimum Gasteiger partial charge on any atom is -0.310 e. The molecule has 8 aromatic rings. The number of aryl methyl sites for hydroxylation is 2. The fourth-order valence-corrected chi connectivity index (χ4v) is 8.88. The number of anilines is 3. The Morgan fingerprint density at radius 1 is 0.375 bits per heavy atom. The van der Waals surface area contributed by atoms with Gasteiger partial charge in [-0.1, -0.05) is 115 Å². The maximum Gasteiger partial charge on any atom is 0.0725 e. The molecule has 0 saturated carbocycles. The summed E-state index contributed by atoms with van der Waals surface area (Å²) in [5, 5.41) is 5.09. The zero-order valence-electron chi connectivity index (χ0n) is 27.0. The van der Waals surface area contributed by atoms with Crippen LogP contribution in [0.25, 0.3) is 43.8 Å². The number of hydrogen-bond acceptors (Lipinski definition) is 1. The quantitative estimate of drug-likeness (QED) is 0.192. The first-order valence-electron chi connectivity index (χ1n) is 16.8. The molecule has 2 aliphatic rings. The third-order valence-electron chi connectivity index (χ3n) is 10.7. The van der Waals surface area contributed by atoms with E-state index in [-0.39, 0.29) is 0 Å². The molecule has 0 aliphatic heterocycles. The molecule has 1 heteroatoms. The number of fused-ring (bicyclic) bond motifs is 13. The van der Waals surface area contributed by atoms with Crippen molar-refractivity contribution in [3.8, 4) is 22.3 Å². The number of rotatable bonds is 3. The average Bonchev–Trinajstić information content (AvgIpc) is 3.58. The van der Waals surface area contributed by atoms with Crippen molar-refractivity contribution >= 4 is 38.6 Å². The first kappa shape index (κ1) is 27.2. The predicted octanol–water partition coefficient (Wildman–Crippen LogP) is 12.4. The van der Waals surface area contributed by atoms with Gasteiger partial charge in [0.2, 0.25) is 0 Å². The molecular weight excluding hydrogens is 579 g/mol. The summed E-state index contributed by atoms with van der Waals surface area (Å²) in [4.78, 5) is 2.39. The van der Waals surface area contributed by atoms with Crippen LogP contribution in [0.4, 0.5) is 17.1 Å². The highest BCUT2D eigenvalue weighted by Gasteiger charge is 2.52. The molecule has 0 unspecified atom stereocenters. The van der Waals surface area contributed by atoms with Gasteiger partial charge in [-0.3, -0.25) is 0 Å². The zero-order chi connectivity index (χ0) is 32.0. The maximum atomic E-state index is 2.51. The average molecular weight is 612 g/mol. The summed E-state index contributed by atoms with van der Waals surface area (Å²) in [5.41, 5.74) is 16.5. The molecule has 0 bridgehead atoms. The fourth-order valence-electron chi connectivity index (χ4n) is 8.88. The van der Waals surface area contributed by atoms with Crippen LogP contribution < -0.4 is 4.90 Å². The van der Waals surface area contributed by atoms with Crippen LogP contribution in [0.3, 0.4) is 0 Å². The van der Waals surface area contributed by atoms with E-state index in [0.29, 0.717) is 0 Å². The van der Waals surface area contributed by atoms with E-state index in [9.17, 15) is 0 Å². The molecular formula is C47H33N. The van der Waals surface area contributed by atoms with Gasteiger partial charge >= 0.3 is 0 Å². The smallest absolute Gasteiger partial charge is 0.0725 e. The van der Waals surface area contributed by atoms with E-state index in [1.807, 2.05) is 0 Å². The minimum absolute atomic E-state index is 0.390. The molecule has 0 atom stereocenters. The molecule has 0 saturated heterocycles. The van der Waals surface area contributed by atoms with Gasteiger partial charge in [-0.05, 0) is 140 Å². The van der Waals surface area contributed by atoms with Crippen molar-refractivity contribution in [1.29, 1.82) is 0 Å². The summed E-state index contributed by atoms with van der Waals surface area (Å²) in [7, 11) is 0. The Morgan fingerprint density at radius 2 is 1.02 bits per heavy atom. The molecule has 0 heterocycles. The molecule has 0 N–H and O–H groups in total. The van der Waals surface area contributed by atoms with E-state index in [4.69, 9.17) is 0 Å². The monoisotopic (exact) mass is 611 g/mol. The van der Waals surface area contributed by atoms with Gasteiger partial charge in [-0.2, -0.15) is 0 Å². The Balaban J connectivity index is 1.29. The summed E-state index contributed by atoms with van der Waals surface area (Å²) < 4.78 is 0. The first-order chi connectivity index (χ1) is 23.6. The molecule has 1 spiro atoms. The predicted molar refractivity (Wildman–Crippen MR) is 202 cm³/mol. The molecule has 1 nitrogen and oxygen atoms in total. The Labute approximate surface area is 281 Å². The molecule has 10 rings (SSSR count). The van der Waals surface area contributed by atoms with Crippen LogP contribution in [0.1, 0.15) is 33.4 Å². The van der Waals surface area contributed by atoms with Gasteiger partial charge in [-0.15, -0.1) is 0 Å². The van der Waals surface area contributed by atoms with Gasteiger partial charge < -0.3 is 4.90 Å². The number of para-hydroxylation sites is 1. The van der Waals surface area contributed by atoms with Gasteiger partial charge in [0.1, 0.15) is 0 Å². The summed E-state index contributed by atoms with van der Waals surface area (Å²) in [6, 6.07) is 61.3. The molecule has 0 aromatic heterocycles. The Kier molecular flexibility index (Phi) is 5.69. The largest absolute Gasteiger partial charge is 0.310 e.